The van der Waals surface area contributed by atoms with E-state index >= 15 is 0 Å². The molecule has 0 bridgehead atoms. The summed E-state index contributed by atoms with van der Waals surface area (Å²) < 4.78 is 0. The summed E-state index contributed by atoms with van der Waals surface area (Å²) >= 11 is 0. The molecule has 0 atom stereocenters. The Morgan fingerprint density at radius 3 is 2.09 bits per heavy atom. The van der Waals surface area contributed by atoms with Gasteiger partial charge in [-0.05, 0) is 32.1 Å². The minimum absolute atomic E-state index is 0.681. The zero-order chi connectivity index (χ0) is 8.06. The predicted molar refractivity (Wildman–Crippen MR) is 46.1 cm³/mol. The zero-order valence-electron chi connectivity index (χ0n) is 7.80. The highest BCUT2D eigenvalue weighted by molar-refractivity contribution is 5.01. The highest BCUT2D eigenvalue weighted by Crippen LogP contribution is 2.50. The molecule has 0 aromatic rings. The van der Waals surface area contributed by atoms with Crippen LogP contribution in [0, 0.1) is 5.41 Å². The van der Waals surface area contributed by atoms with Crippen LogP contribution in [0.5, 0.6) is 0 Å². The zero-order valence-corrected chi connectivity index (χ0v) is 7.80. The average molecular weight is 154 g/mol. The molecule has 0 amide bonds. The van der Waals surface area contributed by atoms with E-state index in [0.29, 0.717) is 6.04 Å². The maximum atomic E-state index is 2.49. The molecule has 0 unspecified atom stereocenters. The highest BCUT2D eigenvalue weighted by Gasteiger charge is 2.50. The van der Waals surface area contributed by atoms with Crippen LogP contribution in [-0.4, -0.2) is 36.2 Å². The smallest absolute Gasteiger partial charge is 0.0205 e. The molecular weight excluding hydrogens is 136 g/mol. The summed E-state index contributed by atoms with van der Waals surface area (Å²) in [4.78, 5) is 0. The van der Waals surface area contributed by atoms with E-state index < -0.39 is 0 Å². The lowest BCUT2D eigenvalue weighted by Crippen LogP contribution is -2.38. The molecule has 11 heavy (non-hydrogen) atoms. The van der Waals surface area contributed by atoms with Gasteiger partial charge in [0.05, 0.1) is 0 Å². The third kappa shape index (κ3) is 1.18. The lowest BCUT2D eigenvalue weighted by molar-refractivity contribution is 0.0241. The fourth-order valence-corrected chi connectivity index (χ4v) is 2.16. The molecule has 2 aliphatic rings. The molecule has 1 aliphatic carbocycles. The number of rotatable bonds is 1. The molecule has 1 saturated carbocycles. The molecule has 2 heteroatoms. The third-order valence-electron chi connectivity index (χ3n) is 3.05. The van der Waals surface area contributed by atoms with Gasteiger partial charge in [-0.2, -0.15) is 0 Å². The van der Waals surface area contributed by atoms with Gasteiger partial charge in [0.15, 0.2) is 0 Å². The van der Waals surface area contributed by atoms with Crippen molar-refractivity contribution in [3.63, 3.8) is 0 Å². The fourth-order valence-electron chi connectivity index (χ4n) is 2.16. The molecule has 1 heterocycles. The van der Waals surface area contributed by atoms with Crippen LogP contribution >= 0.6 is 0 Å². The molecule has 0 radical (unpaired) electrons. The Kier molecular flexibility index (Phi) is 1.52. The van der Waals surface area contributed by atoms with E-state index in [1.165, 1.54) is 25.9 Å². The molecule has 2 nitrogen and oxygen atoms in total. The number of nitrogens with zero attached hydrogens (tertiary/aromatic N) is 2. The summed E-state index contributed by atoms with van der Waals surface area (Å²) in [6, 6.07) is 0.681. The molecule has 1 aliphatic heterocycles. The number of hydrazine groups is 1. The molecule has 2 rings (SSSR count). The molecule has 0 aromatic carbocycles. The molecular formula is C9H18N2. The lowest BCUT2D eigenvalue weighted by atomic mass is 10.1. The molecule has 2 fully saturated rings. The second-order valence-corrected chi connectivity index (χ2v) is 4.51. The van der Waals surface area contributed by atoms with Gasteiger partial charge in [0.1, 0.15) is 0 Å². The van der Waals surface area contributed by atoms with E-state index in [2.05, 4.69) is 30.9 Å². The molecule has 1 spiro atoms. The number of hydrogen-bond acceptors (Lipinski definition) is 2. The van der Waals surface area contributed by atoms with Gasteiger partial charge in [0.2, 0.25) is 0 Å². The minimum atomic E-state index is 0.681. The van der Waals surface area contributed by atoms with Crippen LogP contribution in [0.25, 0.3) is 0 Å². The standard InChI is InChI=1S/C9H18N2/c1-8(2)11-7-9(4-5-9)6-10(11)3/h8H,4-7H2,1-3H3. The summed E-state index contributed by atoms with van der Waals surface area (Å²) in [5.74, 6) is 0. The van der Waals surface area contributed by atoms with E-state index in [1.54, 1.807) is 0 Å². The Morgan fingerprint density at radius 1 is 1.18 bits per heavy atom. The highest BCUT2D eigenvalue weighted by atomic mass is 15.6. The summed E-state index contributed by atoms with van der Waals surface area (Å²) in [6.07, 6.45) is 2.92. The van der Waals surface area contributed by atoms with Crippen molar-refractivity contribution in [1.29, 1.82) is 0 Å². The SMILES string of the molecule is CC(C)N1CC2(CC2)CN1C. The lowest BCUT2D eigenvalue weighted by Gasteiger charge is -2.27. The maximum absolute atomic E-state index is 2.49. The first-order valence-corrected chi connectivity index (χ1v) is 4.61. The summed E-state index contributed by atoms with van der Waals surface area (Å²) in [5.41, 5.74) is 0.721. The monoisotopic (exact) mass is 154 g/mol. The van der Waals surface area contributed by atoms with Crippen molar-refractivity contribution in [2.75, 3.05) is 20.1 Å². The maximum Gasteiger partial charge on any atom is 0.0205 e. The van der Waals surface area contributed by atoms with Crippen molar-refractivity contribution in [3.8, 4) is 0 Å². The van der Waals surface area contributed by atoms with Gasteiger partial charge in [-0.15, -0.1) is 0 Å². The Bertz CT molecular complexity index is 161. The fraction of sp³-hybridized carbons (Fsp3) is 1.00. The first kappa shape index (κ1) is 7.56. The van der Waals surface area contributed by atoms with Crippen LogP contribution in [0.4, 0.5) is 0 Å². The quantitative estimate of drug-likeness (QED) is 0.562. The van der Waals surface area contributed by atoms with E-state index in [4.69, 9.17) is 0 Å². The van der Waals surface area contributed by atoms with Crippen molar-refractivity contribution in [2.45, 2.75) is 32.7 Å². The van der Waals surface area contributed by atoms with Crippen LogP contribution in [0.15, 0.2) is 0 Å². The van der Waals surface area contributed by atoms with E-state index in [1.807, 2.05) is 0 Å². The van der Waals surface area contributed by atoms with E-state index in [0.717, 1.165) is 5.41 Å². The van der Waals surface area contributed by atoms with Gasteiger partial charge in [-0.1, -0.05) is 0 Å². The largest absolute Gasteiger partial charge is 0.244 e. The topological polar surface area (TPSA) is 6.48 Å². The minimum Gasteiger partial charge on any atom is -0.244 e. The van der Waals surface area contributed by atoms with Crippen LogP contribution in [0.2, 0.25) is 0 Å². The van der Waals surface area contributed by atoms with Crippen molar-refractivity contribution >= 4 is 0 Å². The Labute approximate surface area is 69.1 Å². The second-order valence-electron chi connectivity index (χ2n) is 4.51. The normalized spacial score (nSPS) is 30.5. The van der Waals surface area contributed by atoms with Crippen molar-refractivity contribution in [2.24, 2.45) is 5.41 Å². The molecule has 1 saturated heterocycles. The second kappa shape index (κ2) is 2.20. The van der Waals surface area contributed by atoms with Gasteiger partial charge in [0, 0.05) is 26.2 Å². The van der Waals surface area contributed by atoms with Crippen molar-refractivity contribution < 1.29 is 0 Å². The van der Waals surface area contributed by atoms with E-state index in [9.17, 15) is 0 Å². The van der Waals surface area contributed by atoms with E-state index in [-0.39, 0.29) is 0 Å². The molecule has 64 valence electrons. The summed E-state index contributed by atoms with van der Waals surface area (Å²) in [5, 5.41) is 4.89. The predicted octanol–water partition coefficient (Wildman–Crippen LogP) is 1.34. The molecule has 0 aromatic heterocycles. The van der Waals surface area contributed by atoms with Gasteiger partial charge in [-0.25, -0.2) is 10.0 Å². The van der Waals surface area contributed by atoms with Crippen molar-refractivity contribution in [1.82, 2.24) is 10.0 Å². The van der Waals surface area contributed by atoms with Gasteiger partial charge < -0.3 is 0 Å². The first-order valence-electron chi connectivity index (χ1n) is 4.61. The Morgan fingerprint density at radius 2 is 1.82 bits per heavy atom. The Hall–Kier alpha value is -0.0800. The van der Waals surface area contributed by atoms with Crippen LogP contribution in [-0.2, 0) is 0 Å². The van der Waals surface area contributed by atoms with Gasteiger partial charge in [-0.3, -0.25) is 0 Å². The first-order chi connectivity index (χ1) is 5.13. The Balaban J connectivity index is 2.02. The van der Waals surface area contributed by atoms with Gasteiger partial charge >= 0.3 is 0 Å². The summed E-state index contributed by atoms with van der Waals surface area (Å²) in [6.45, 7) is 7.15. The van der Waals surface area contributed by atoms with Gasteiger partial charge in [0.25, 0.3) is 0 Å². The van der Waals surface area contributed by atoms with Crippen LogP contribution in [0.1, 0.15) is 26.7 Å². The average Bonchev–Trinajstić information content (AvgIpc) is 2.54. The third-order valence-corrected chi connectivity index (χ3v) is 3.05. The summed E-state index contributed by atoms with van der Waals surface area (Å²) in [7, 11) is 2.22. The molecule has 0 N–H and O–H groups in total. The van der Waals surface area contributed by atoms with Crippen molar-refractivity contribution in [3.05, 3.63) is 0 Å². The number of hydrogen-bond donors (Lipinski definition) is 0. The van der Waals surface area contributed by atoms with Crippen LogP contribution < -0.4 is 0 Å². The van der Waals surface area contributed by atoms with Crippen LogP contribution in [0.3, 0.4) is 0 Å².